The Hall–Kier alpha value is -2.04. The van der Waals surface area contributed by atoms with E-state index < -0.39 is 5.69 Å². The van der Waals surface area contributed by atoms with Gasteiger partial charge in [0.25, 0.3) is 5.56 Å². The van der Waals surface area contributed by atoms with Crippen LogP contribution in [0.5, 0.6) is 5.75 Å². The topological polar surface area (TPSA) is 75.1 Å². The summed E-state index contributed by atoms with van der Waals surface area (Å²) in [7, 11) is 0. The first-order chi connectivity index (χ1) is 8.16. The van der Waals surface area contributed by atoms with Gasteiger partial charge in [0.15, 0.2) is 0 Å². The lowest BCUT2D eigenvalue weighted by Crippen LogP contribution is -2.40. The summed E-state index contributed by atoms with van der Waals surface area (Å²) >= 11 is 0. The lowest BCUT2D eigenvalue weighted by atomic mass is 9.93. The van der Waals surface area contributed by atoms with Crippen LogP contribution >= 0.6 is 0 Å². The zero-order valence-electron chi connectivity index (χ0n) is 9.14. The fraction of sp³-hybridized carbons (Fsp3) is 0.333. The molecule has 0 unspecified atom stereocenters. The molecule has 1 aliphatic rings. The predicted molar refractivity (Wildman–Crippen MR) is 63.4 cm³/mol. The summed E-state index contributed by atoms with van der Waals surface area (Å²) in [6.07, 6.45) is 2.82. The number of phenols is 1. The Labute approximate surface area is 96.3 Å². The van der Waals surface area contributed by atoms with Crippen LogP contribution in [0, 0.1) is 0 Å². The average Bonchev–Trinajstić information content (AvgIpc) is 2.20. The molecule has 0 bridgehead atoms. The summed E-state index contributed by atoms with van der Waals surface area (Å²) in [4.78, 5) is 26.6. The van der Waals surface area contributed by atoms with Gasteiger partial charge in [-0.2, -0.15) is 0 Å². The zero-order valence-corrected chi connectivity index (χ0v) is 9.14. The molecular formula is C12H12N2O3. The van der Waals surface area contributed by atoms with E-state index >= 15 is 0 Å². The van der Waals surface area contributed by atoms with E-state index in [0.29, 0.717) is 10.9 Å². The maximum absolute atomic E-state index is 12.2. The number of rotatable bonds is 1. The summed E-state index contributed by atoms with van der Waals surface area (Å²) in [6, 6.07) is 4.42. The minimum Gasteiger partial charge on any atom is -0.508 e. The van der Waals surface area contributed by atoms with E-state index in [-0.39, 0.29) is 17.4 Å². The SMILES string of the molecule is O=c1[nH]c2cc(O)ccc2c(=O)n1C1CCC1. The lowest BCUT2D eigenvalue weighted by molar-refractivity contribution is 0.298. The highest BCUT2D eigenvalue weighted by molar-refractivity contribution is 5.78. The lowest BCUT2D eigenvalue weighted by Gasteiger charge is -2.26. The summed E-state index contributed by atoms with van der Waals surface area (Å²) in [5, 5.41) is 9.76. The molecule has 0 radical (unpaired) electrons. The van der Waals surface area contributed by atoms with Gasteiger partial charge in [0, 0.05) is 12.1 Å². The molecular weight excluding hydrogens is 220 g/mol. The number of aromatic amines is 1. The fourth-order valence-electron chi connectivity index (χ4n) is 2.20. The highest BCUT2D eigenvalue weighted by Crippen LogP contribution is 2.29. The number of aromatic nitrogens is 2. The fourth-order valence-corrected chi connectivity index (χ4v) is 2.20. The minimum absolute atomic E-state index is 0.0319. The molecule has 2 aromatic rings. The number of hydrogen-bond donors (Lipinski definition) is 2. The normalized spacial score (nSPS) is 16.0. The van der Waals surface area contributed by atoms with Crippen molar-refractivity contribution in [1.82, 2.24) is 9.55 Å². The number of benzene rings is 1. The number of nitrogens with one attached hydrogen (secondary N) is 1. The average molecular weight is 232 g/mol. The van der Waals surface area contributed by atoms with E-state index in [2.05, 4.69) is 4.98 Å². The van der Waals surface area contributed by atoms with Crippen LogP contribution in [-0.4, -0.2) is 14.7 Å². The Bertz CT molecular complexity index is 695. The summed E-state index contributed by atoms with van der Waals surface area (Å²) in [6.45, 7) is 0. The second-order valence-corrected chi connectivity index (χ2v) is 4.42. The quantitative estimate of drug-likeness (QED) is 0.773. The van der Waals surface area contributed by atoms with Crippen molar-refractivity contribution in [2.45, 2.75) is 25.3 Å². The molecule has 0 spiro atoms. The smallest absolute Gasteiger partial charge is 0.329 e. The highest BCUT2D eigenvalue weighted by atomic mass is 16.3. The summed E-state index contributed by atoms with van der Waals surface area (Å²) < 4.78 is 1.29. The number of H-pyrrole nitrogens is 1. The van der Waals surface area contributed by atoms with E-state index in [4.69, 9.17) is 0 Å². The number of hydrogen-bond acceptors (Lipinski definition) is 3. The highest BCUT2D eigenvalue weighted by Gasteiger charge is 2.23. The Kier molecular flexibility index (Phi) is 2.07. The van der Waals surface area contributed by atoms with Gasteiger partial charge in [0.05, 0.1) is 10.9 Å². The van der Waals surface area contributed by atoms with Crippen LogP contribution in [-0.2, 0) is 0 Å². The third-order valence-electron chi connectivity index (χ3n) is 3.35. The van der Waals surface area contributed by atoms with Gasteiger partial charge < -0.3 is 10.1 Å². The van der Waals surface area contributed by atoms with Gasteiger partial charge in [-0.25, -0.2) is 4.79 Å². The van der Waals surface area contributed by atoms with Gasteiger partial charge in [0.2, 0.25) is 0 Å². The maximum atomic E-state index is 12.2. The molecule has 0 amide bonds. The minimum atomic E-state index is -0.391. The molecule has 0 saturated heterocycles. The van der Waals surface area contributed by atoms with Crippen LogP contribution in [0.2, 0.25) is 0 Å². The van der Waals surface area contributed by atoms with Crippen molar-refractivity contribution in [3.8, 4) is 5.75 Å². The molecule has 88 valence electrons. The molecule has 0 aliphatic heterocycles. The third kappa shape index (κ3) is 1.46. The Balaban J connectivity index is 2.35. The van der Waals surface area contributed by atoms with E-state index in [1.165, 1.54) is 22.8 Å². The molecule has 3 rings (SSSR count). The second-order valence-electron chi connectivity index (χ2n) is 4.42. The Morgan fingerprint density at radius 2 is 2.06 bits per heavy atom. The van der Waals surface area contributed by atoms with Crippen LogP contribution in [0.4, 0.5) is 0 Å². The molecule has 1 aromatic carbocycles. The monoisotopic (exact) mass is 232 g/mol. The van der Waals surface area contributed by atoms with Crippen molar-refractivity contribution in [3.05, 3.63) is 39.0 Å². The van der Waals surface area contributed by atoms with Gasteiger partial charge in [-0.3, -0.25) is 9.36 Å². The molecule has 1 fully saturated rings. The molecule has 2 N–H and O–H groups in total. The van der Waals surface area contributed by atoms with Crippen LogP contribution in [0.25, 0.3) is 10.9 Å². The number of phenolic OH excluding ortho intramolecular Hbond substituents is 1. The third-order valence-corrected chi connectivity index (χ3v) is 3.35. The molecule has 1 aromatic heterocycles. The van der Waals surface area contributed by atoms with Crippen molar-refractivity contribution in [1.29, 1.82) is 0 Å². The standard InChI is InChI=1S/C12H12N2O3/c15-8-4-5-9-10(6-8)13-12(17)14(11(9)16)7-2-1-3-7/h4-7,15H,1-3H2,(H,13,17). The van der Waals surface area contributed by atoms with Gasteiger partial charge in [-0.1, -0.05) is 0 Å². The van der Waals surface area contributed by atoms with Crippen molar-refractivity contribution in [2.75, 3.05) is 0 Å². The van der Waals surface area contributed by atoms with E-state index in [1.807, 2.05) is 0 Å². The Morgan fingerprint density at radius 1 is 1.29 bits per heavy atom. The van der Waals surface area contributed by atoms with Crippen molar-refractivity contribution < 1.29 is 5.11 Å². The van der Waals surface area contributed by atoms with E-state index in [9.17, 15) is 14.7 Å². The second kappa shape index (κ2) is 3.48. The number of aromatic hydroxyl groups is 1. The van der Waals surface area contributed by atoms with Gasteiger partial charge >= 0.3 is 5.69 Å². The summed E-state index contributed by atoms with van der Waals surface area (Å²) in [5.74, 6) is 0.0361. The zero-order chi connectivity index (χ0) is 12.0. The van der Waals surface area contributed by atoms with E-state index in [0.717, 1.165) is 19.3 Å². The molecule has 0 atom stereocenters. The van der Waals surface area contributed by atoms with Crippen LogP contribution in [0.1, 0.15) is 25.3 Å². The predicted octanol–water partition coefficient (Wildman–Crippen LogP) is 1.12. The van der Waals surface area contributed by atoms with E-state index in [1.54, 1.807) is 0 Å². The first-order valence-corrected chi connectivity index (χ1v) is 5.64. The van der Waals surface area contributed by atoms with Crippen LogP contribution in [0.15, 0.2) is 27.8 Å². The first kappa shape index (κ1) is 10.1. The molecule has 1 aliphatic carbocycles. The number of fused-ring (bicyclic) bond motifs is 1. The van der Waals surface area contributed by atoms with Crippen molar-refractivity contribution in [3.63, 3.8) is 0 Å². The van der Waals surface area contributed by atoms with Crippen molar-refractivity contribution >= 4 is 10.9 Å². The summed E-state index contributed by atoms with van der Waals surface area (Å²) in [5.41, 5.74) is -0.276. The van der Waals surface area contributed by atoms with Gasteiger partial charge in [0.1, 0.15) is 5.75 Å². The maximum Gasteiger partial charge on any atom is 0.329 e. The molecule has 17 heavy (non-hydrogen) atoms. The molecule has 5 nitrogen and oxygen atoms in total. The van der Waals surface area contributed by atoms with Crippen molar-refractivity contribution in [2.24, 2.45) is 0 Å². The number of nitrogens with zero attached hydrogens (tertiary/aromatic N) is 1. The Morgan fingerprint density at radius 3 is 2.71 bits per heavy atom. The molecule has 1 saturated carbocycles. The van der Waals surface area contributed by atoms with Gasteiger partial charge in [-0.15, -0.1) is 0 Å². The molecule has 5 heteroatoms. The molecule has 1 heterocycles. The largest absolute Gasteiger partial charge is 0.508 e. The first-order valence-electron chi connectivity index (χ1n) is 5.64. The van der Waals surface area contributed by atoms with Gasteiger partial charge in [-0.05, 0) is 31.4 Å². The van der Waals surface area contributed by atoms with Crippen LogP contribution < -0.4 is 11.2 Å². The van der Waals surface area contributed by atoms with Crippen LogP contribution in [0.3, 0.4) is 0 Å².